The van der Waals surface area contributed by atoms with E-state index < -0.39 is 52.3 Å². The molecule has 3 aromatic rings. The van der Waals surface area contributed by atoms with E-state index in [9.17, 15) is 35.1 Å². The standard InChI is InChI=1S/C24H18F8O/c1-2-3-4-5-13-6-7-16(17(25)8-13)14-9-18(26)22(19(27)10-14)24(31,32)33-15-11-20(28)23(30)21(29)12-15/h6-12H,2-5H2,1H3. The van der Waals surface area contributed by atoms with Crippen LogP contribution in [0.5, 0.6) is 5.75 Å². The Morgan fingerprint density at radius 3 is 1.88 bits per heavy atom. The Morgan fingerprint density at radius 2 is 1.33 bits per heavy atom. The quantitative estimate of drug-likeness (QED) is 0.182. The largest absolute Gasteiger partial charge is 0.432 e. The van der Waals surface area contributed by atoms with Gasteiger partial charge < -0.3 is 4.74 Å². The maximum absolute atomic E-state index is 14.5. The van der Waals surface area contributed by atoms with Crippen molar-refractivity contribution in [1.82, 2.24) is 0 Å². The number of aryl methyl sites for hydroxylation is 1. The Labute approximate surface area is 184 Å². The van der Waals surface area contributed by atoms with Crippen molar-refractivity contribution in [3.05, 3.63) is 88.5 Å². The summed E-state index contributed by atoms with van der Waals surface area (Å²) in [5.41, 5.74) is -1.71. The predicted octanol–water partition coefficient (Wildman–Crippen LogP) is 8.05. The molecule has 3 aromatic carbocycles. The first-order valence-electron chi connectivity index (χ1n) is 10.0. The number of unbranched alkanes of at least 4 members (excludes halogenated alkanes) is 2. The lowest BCUT2D eigenvalue weighted by Gasteiger charge is -2.20. The van der Waals surface area contributed by atoms with E-state index in [2.05, 4.69) is 4.74 Å². The van der Waals surface area contributed by atoms with Crippen molar-refractivity contribution >= 4 is 0 Å². The molecule has 9 heteroatoms. The Hall–Kier alpha value is -3.10. The van der Waals surface area contributed by atoms with Crippen LogP contribution in [-0.2, 0) is 12.5 Å². The van der Waals surface area contributed by atoms with Gasteiger partial charge in [0.15, 0.2) is 17.5 Å². The number of ether oxygens (including phenoxy) is 1. The number of rotatable bonds is 8. The first-order valence-corrected chi connectivity index (χ1v) is 10.0. The SMILES string of the molecule is CCCCCc1ccc(-c2cc(F)c(C(F)(F)Oc3cc(F)c(F)c(F)c3)c(F)c2)c(F)c1. The van der Waals surface area contributed by atoms with Crippen LogP contribution < -0.4 is 4.74 Å². The lowest BCUT2D eigenvalue weighted by atomic mass is 9.99. The zero-order valence-electron chi connectivity index (χ0n) is 17.3. The molecule has 0 N–H and O–H groups in total. The molecular formula is C24H18F8O. The van der Waals surface area contributed by atoms with Crippen molar-refractivity contribution in [1.29, 1.82) is 0 Å². The molecule has 0 unspecified atom stereocenters. The first kappa shape index (κ1) is 24.5. The van der Waals surface area contributed by atoms with Gasteiger partial charge >= 0.3 is 6.11 Å². The Morgan fingerprint density at radius 1 is 0.727 bits per heavy atom. The van der Waals surface area contributed by atoms with E-state index in [0.717, 1.165) is 19.3 Å². The van der Waals surface area contributed by atoms with Crippen LogP contribution >= 0.6 is 0 Å². The third kappa shape index (κ3) is 5.46. The third-order valence-electron chi connectivity index (χ3n) is 4.95. The van der Waals surface area contributed by atoms with Crippen LogP contribution in [0.1, 0.15) is 37.3 Å². The van der Waals surface area contributed by atoms with Crippen molar-refractivity contribution < 1.29 is 39.9 Å². The summed E-state index contributed by atoms with van der Waals surface area (Å²) < 4.78 is 116. The summed E-state index contributed by atoms with van der Waals surface area (Å²) in [6.07, 6.45) is -1.34. The van der Waals surface area contributed by atoms with Crippen LogP contribution in [-0.4, -0.2) is 0 Å². The minimum atomic E-state index is -4.72. The summed E-state index contributed by atoms with van der Waals surface area (Å²) in [7, 11) is 0. The van der Waals surface area contributed by atoms with Crippen LogP contribution in [0.25, 0.3) is 11.1 Å². The van der Waals surface area contributed by atoms with Crippen LogP contribution in [0.2, 0.25) is 0 Å². The maximum atomic E-state index is 14.5. The van der Waals surface area contributed by atoms with Crippen molar-refractivity contribution in [3.8, 4) is 16.9 Å². The van der Waals surface area contributed by atoms with Crippen LogP contribution in [0.15, 0.2) is 42.5 Å². The lowest BCUT2D eigenvalue weighted by Crippen LogP contribution is -2.25. The first-order chi connectivity index (χ1) is 15.5. The molecule has 33 heavy (non-hydrogen) atoms. The molecule has 0 radical (unpaired) electrons. The molecule has 3 rings (SSSR count). The molecule has 0 aliphatic heterocycles. The highest BCUT2D eigenvalue weighted by molar-refractivity contribution is 5.65. The molecule has 0 amide bonds. The maximum Gasteiger partial charge on any atom is 0.432 e. The molecule has 0 spiro atoms. The molecule has 1 nitrogen and oxygen atoms in total. The van der Waals surface area contributed by atoms with Crippen molar-refractivity contribution in [2.24, 2.45) is 0 Å². The summed E-state index contributed by atoms with van der Waals surface area (Å²) in [4.78, 5) is 0. The normalized spacial score (nSPS) is 11.7. The number of benzene rings is 3. The molecule has 0 bridgehead atoms. The van der Waals surface area contributed by atoms with Crippen LogP contribution in [0.3, 0.4) is 0 Å². The van der Waals surface area contributed by atoms with Gasteiger partial charge in [-0.2, -0.15) is 8.78 Å². The molecule has 0 heterocycles. The minimum absolute atomic E-state index is 0.105. The highest BCUT2D eigenvalue weighted by Gasteiger charge is 2.41. The number of hydrogen-bond acceptors (Lipinski definition) is 1. The van der Waals surface area contributed by atoms with E-state index in [-0.39, 0.29) is 23.3 Å². The highest BCUT2D eigenvalue weighted by atomic mass is 19.3. The van der Waals surface area contributed by atoms with E-state index in [1.54, 1.807) is 6.07 Å². The van der Waals surface area contributed by atoms with Crippen molar-refractivity contribution in [3.63, 3.8) is 0 Å². The van der Waals surface area contributed by atoms with E-state index in [1.165, 1.54) is 12.1 Å². The summed E-state index contributed by atoms with van der Waals surface area (Å²) in [5.74, 6) is -11.1. The van der Waals surface area contributed by atoms with Crippen LogP contribution in [0.4, 0.5) is 35.1 Å². The van der Waals surface area contributed by atoms with Gasteiger partial charge in [-0.15, -0.1) is 0 Å². The molecule has 176 valence electrons. The van der Waals surface area contributed by atoms with E-state index in [0.29, 0.717) is 24.1 Å². The smallest absolute Gasteiger partial charge is 0.429 e. The van der Waals surface area contributed by atoms with Gasteiger partial charge in [-0.25, -0.2) is 26.3 Å². The number of alkyl halides is 2. The van der Waals surface area contributed by atoms with E-state index in [1.807, 2.05) is 6.92 Å². The fraction of sp³-hybridized carbons (Fsp3) is 0.250. The van der Waals surface area contributed by atoms with Gasteiger partial charge in [0.05, 0.1) is 0 Å². The topological polar surface area (TPSA) is 9.23 Å². The van der Waals surface area contributed by atoms with E-state index >= 15 is 0 Å². The molecule has 0 fully saturated rings. The second kappa shape index (κ2) is 9.80. The highest BCUT2D eigenvalue weighted by Crippen LogP contribution is 2.38. The summed E-state index contributed by atoms with van der Waals surface area (Å²) in [6.45, 7) is 2.02. The second-order valence-corrected chi connectivity index (χ2v) is 7.41. The summed E-state index contributed by atoms with van der Waals surface area (Å²) in [5, 5.41) is 0. The van der Waals surface area contributed by atoms with Gasteiger partial charge in [-0.1, -0.05) is 31.9 Å². The average molecular weight is 474 g/mol. The van der Waals surface area contributed by atoms with Gasteiger partial charge in [-0.3, -0.25) is 0 Å². The average Bonchev–Trinajstić information content (AvgIpc) is 2.71. The molecule has 0 atom stereocenters. The zero-order valence-corrected chi connectivity index (χ0v) is 17.3. The fourth-order valence-corrected chi connectivity index (χ4v) is 3.32. The van der Waals surface area contributed by atoms with Crippen LogP contribution in [0, 0.1) is 34.9 Å². The molecule has 0 aromatic heterocycles. The summed E-state index contributed by atoms with van der Waals surface area (Å²) >= 11 is 0. The van der Waals surface area contributed by atoms with Gasteiger partial charge in [0, 0.05) is 17.7 Å². The van der Waals surface area contributed by atoms with Gasteiger partial charge in [0.2, 0.25) is 0 Å². The Bertz CT molecular complexity index is 1110. The van der Waals surface area contributed by atoms with E-state index in [4.69, 9.17) is 0 Å². The number of hydrogen-bond donors (Lipinski definition) is 0. The molecule has 0 saturated heterocycles. The Kier molecular flexibility index (Phi) is 7.29. The predicted molar refractivity (Wildman–Crippen MR) is 106 cm³/mol. The molecule has 0 aliphatic carbocycles. The van der Waals surface area contributed by atoms with Gasteiger partial charge in [-0.05, 0) is 42.2 Å². The van der Waals surface area contributed by atoms with Gasteiger partial charge in [0.1, 0.15) is 28.8 Å². The second-order valence-electron chi connectivity index (χ2n) is 7.41. The van der Waals surface area contributed by atoms with Crippen molar-refractivity contribution in [2.45, 2.75) is 38.7 Å². The zero-order chi connectivity index (χ0) is 24.3. The van der Waals surface area contributed by atoms with Gasteiger partial charge in [0.25, 0.3) is 0 Å². The van der Waals surface area contributed by atoms with Crippen molar-refractivity contribution in [2.75, 3.05) is 0 Å². The number of halogens is 8. The third-order valence-corrected chi connectivity index (χ3v) is 4.95. The monoisotopic (exact) mass is 474 g/mol. The Balaban J connectivity index is 1.91. The lowest BCUT2D eigenvalue weighted by molar-refractivity contribution is -0.189. The fourth-order valence-electron chi connectivity index (χ4n) is 3.32. The molecular weight excluding hydrogens is 456 g/mol. The summed E-state index contributed by atoms with van der Waals surface area (Å²) in [6, 6.07) is 5.29. The minimum Gasteiger partial charge on any atom is -0.429 e. The molecule has 0 saturated carbocycles. The molecule has 0 aliphatic rings.